The molecule has 2 heterocycles. The number of hydrogen-bond donors (Lipinski definition) is 2. The minimum absolute atomic E-state index is 0.104. The molecule has 150 valence electrons. The van der Waals surface area contributed by atoms with Gasteiger partial charge in [-0.15, -0.1) is 0 Å². The predicted molar refractivity (Wildman–Crippen MR) is 115 cm³/mol. The normalized spacial score (nSPS) is 14.7. The van der Waals surface area contributed by atoms with E-state index in [4.69, 9.17) is 4.74 Å². The molecule has 0 radical (unpaired) electrons. The molecule has 4 rings (SSSR count). The van der Waals surface area contributed by atoms with Gasteiger partial charge in [-0.05, 0) is 30.2 Å². The van der Waals surface area contributed by atoms with Gasteiger partial charge in [0.1, 0.15) is 0 Å². The Balaban J connectivity index is 1.43. The second-order valence-corrected chi connectivity index (χ2v) is 7.35. The van der Waals surface area contributed by atoms with E-state index < -0.39 is 0 Å². The minimum Gasteiger partial charge on any atom is -0.379 e. The number of ether oxygens (including phenoxy) is 1. The maximum atomic E-state index is 12.6. The summed E-state index contributed by atoms with van der Waals surface area (Å²) < 4.78 is 5.40. The van der Waals surface area contributed by atoms with Gasteiger partial charge in [0, 0.05) is 37.3 Å². The van der Waals surface area contributed by atoms with E-state index >= 15 is 0 Å². The number of anilines is 2. The van der Waals surface area contributed by atoms with Crippen LogP contribution in [0.3, 0.4) is 0 Å². The molecule has 1 aliphatic heterocycles. The van der Waals surface area contributed by atoms with Gasteiger partial charge >= 0.3 is 0 Å². The Kier molecular flexibility index (Phi) is 6.03. The molecule has 2 aromatic carbocycles. The molecular formula is C23H26N4O2. The molecule has 0 aliphatic carbocycles. The fourth-order valence-electron chi connectivity index (χ4n) is 3.53. The van der Waals surface area contributed by atoms with E-state index in [1.165, 1.54) is 5.56 Å². The van der Waals surface area contributed by atoms with Crippen LogP contribution in [-0.2, 0) is 17.7 Å². The van der Waals surface area contributed by atoms with E-state index in [1.54, 1.807) is 0 Å². The number of aromatic amines is 1. The highest BCUT2D eigenvalue weighted by molar-refractivity contribution is 5.54. The Morgan fingerprint density at radius 1 is 1.03 bits per heavy atom. The summed E-state index contributed by atoms with van der Waals surface area (Å²) >= 11 is 0. The first-order valence-corrected chi connectivity index (χ1v) is 9.97. The lowest BCUT2D eigenvalue weighted by Gasteiger charge is -2.26. The number of benzene rings is 2. The molecule has 2 N–H and O–H groups in total. The first-order chi connectivity index (χ1) is 14.2. The molecule has 0 bridgehead atoms. The van der Waals surface area contributed by atoms with Gasteiger partial charge in [-0.1, -0.05) is 42.5 Å². The Morgan fingerprint density at radius 2 is 1.76 bits per heavy atom. The predicted octanol–water partition coefficient (Wildman–Crippen LogP) is 3.24. The van der Waals surface area contributed by atoms with Crippen molar-refractivity contribution in [2.75, 3.05) is 31.6 Å². The molecule has 0 unspecified atom stereocenters. The highest BCUT2D eigenvalue weighted by Crippen LogP contribution is 2.16. The second-order valence-electron chi connectivity index (χ2n) is 7.35. The second kappa shape index (κ2) is 9.03. The van der Waals surface area contributed by atoms with Gasteiger partial charge in [0.25, 0.3) is 5.56 Å². The van der Waals surface area contributed by atoms with Gasteiger partial charge in [-0.25, -0.2) is 4.98 Å². The van der Waals surface area contributed by atoms with E-state index in [9.17, 15) is 4.79 Å². The minimum atomic E-state index is -0.104. The molecular weight excluding hydrogens is 364 g/mol. The molecule has 0 spiro atoms. The highest BCUT2D eigenvalue weighted by Gasteiger charge is 2.11. The topological polar surface area (TPSA) is 70.2 Å². The van der Waals surface area contributed by atoms with Gasteiger partial charge in [-0.3, -0.25) is 14.7 Å². The van der Waals surface area contributed by atoms with Crippen LogP contribution in [-0.4, -0.2) is 41.2 Å². The van der Waals surface area contributed by atoms with Crippen LogP contribution in [0.5, 0.6) is 0 Å². The van der Waals surface area contributed by atoms with Crippen LogP contribution in [0.25, 0.3) is 0 Å². The monoisotopic (exact) mass is 390 g/mol. The third kappa shape index (κ3) is 5.10. The molecule has 1 saturated heterocycles. The summed E-state index contributed by atoms with van der Waals surface area (Å²) in [6.07, 6.45) is 0.575. The summed E-state index contributed by atoms with van der Waals surface area (Å²) in [7, 11) is 0. The average molecular weight is 390 g/mol. The van der Waals surface area contributed by atoms with Crippen molar-refractivity contribution in [2.24, 2.45) is 0 Å². The third-order valence-corrected chi connectivity index (χ3v) is 5.17. The van der Waals surface area contributed by atoms with Crippen LogP contribution in [0.1, 0.15) is 22.4 Å². The Morgan fingerprint density at radius 3 is 2.45 bits per heavy atom. The lowest BCUT2D eigenvalue weighted by atomic mass is 10.1. The lowest BCUT2D eigenvalue weighted by Crippen LogP contribution is -2.35. The fourth-order valence-corrected chi connectivity index (χ4v) is 3.53. The maximum absolute atomic E-state index is 12.6. The number of nitrogens with one attached hydrogen (secondary N) is 2. The third-order valence-electron chi connectivity index (χ3n) is 5.17. The molecule has 6 nitrogen and oxygen atoms in total. The zero-order valence-electron chi connectivity index (χ0n) is 16.6. The van der Waals surface area contributed by atoms with Crippen LogP contribution in [0.4, 0.5) is 11.6 Å². The lowest BCUT2D eigenvalue weighted by molar-refractivity contribution is 0.0342. The number of H-pyrrole nitrogens is 1. The molecule has 0 saturated carbocycles. The van der Waals surface area contributed by atoms with E-state index in [1.807, 2.05) is 49.4 Å². The van der Waals surface area contributed by atoms with Gasteiger partial charge < -0.3 is 10.1 Å². The Labute approximate surface area is 170 Å². The number of aryl methyl sites for hydroxylation is 1. The quantitative estimate of drug-likeness (QED) is 0.676. The summed E-state index contributed by atoms with van der Waals surface area (Å²) in [5.41, 5.74) is 4.58. The molecule has 6 heteroatoms. The van der Waals surface area contributed by atoms with Crippen molar-refractivity contribution >= 4 is 11.6 Å². The van der Waals surface area contributed by atoms with Gasteiger partial charge in [0.15, 0.2) is 0 Å². The van der Waals surface area contributed by atoms with Crippen molar-refractivity contribution in [2.45, 2.75) is 19.9 Å². The average Bonchev–Trinajstić information content (AvgIpc) is 2.74. The summed E-state index contributed by atoms with van der Waals surface area (Å²) in [6.45, 7) is 6.35. The molecule has 1 aliphatic rings. The van der Waals surface area contributed by atoms with Crippen molar-refractivity contribution in [3.05, 3.63) is 87.3 Å². The van der Waals surface area contributed by atoms with Gasteiger partial charge in [0.05, 0.1) is 18.9 Å². The van der Waals surface area contributed by atoms with Crippen molar-refractivity contribution in [3.63, 3.8) is 0 Å². The number of rotatable bonds is 6. The smallest absolute Gasteiger partial charge is 0.256 e. The number of hydrogen-bond acceptors (Lipinski definition) is 5. The fraction of sp³-hybridized carbons (Fsp3) is 0.304. The van der Waals surface area contributed by atoms with E-state index in [-0.39, 0.29) is 5.56 Å². The highest BCUT2D eigenvalue weighted by atomic mass is 16.5. The first-order valence-electron chi connectivity index (χ1n) is 9.97. The number of nitrogens with zero attached hydrogens (tertiary/aromatic N) is 2. The molecule has 29 heavy (non-hydrogen) atoms. The van der Waals surface area contributed by atoms with Crippen molar-refractivity contribution in [1.82, 2.24) is 14.9 Å². The zero-order chi connectivity index (χ0) is 20.1. The van der Waals surface area contributed by atoms with Crippen molar-refractivity contribution < 1.29 is 4.74 Å². The van der Waals surface area contributed by atoms with Crippen LogP contribution in [0.2, 0.25) is 0 Å². The molecule has 1 aromatic heterocycles. The van der Waals surface area contributed by atoms with Crippen molar-refractivity contribution in [1.29, 1.82) is 0 Å². The Hall–Kier alpha value is -2.96. The Bertz CT molecular complexity index is 994. The van der Waals surface area contributed by atoms with Crippen LogP contribution in [0.15, 0.2) is 59.4 Å². The van der Waals surface area contributed by atoms with E-state index in [0.717, 1.165) is 49.8 Å². The van der Waals surface area contributed by atoms with E-state index in [2.05, 4.69) is 32.3 Å². The summed E-state index contributed by atoms with van der Waals surface area (Å²) in [4.78, 5) is 22.4. The largest absolute Gasteiger partial charge is 0.379 e. The molecule has 1 fully saturated rings. The summed E-state index contributed by atoms with van der Waals surface area (Å²) in [6, 6.07) is 18.2. The first kappa shape index (κ1) is 19.4. The molecule has 3 aromatic rings. The van der Waals surface area contributed by atoms with Crippen molar-refractivity contribution in [3.8, 4) is 0 Å². The standard InChI is InChI=1S/C23H26N4O2/c1-17-21(15-18-5-3-2-4-6-18)22(28)26-23(24-17)25-20-9-7-19(8-10-20)16-27-11-13-29-14-12-27/h2-10H,11-16H2,1H3,(H2,24,25,26,28). The maximum Gasteiger partial charge on any atom is 0.256 e. The van der Waals surface area contributed by atoms with Crippen LogP contribution < -0.4 is 10.9 Å². The molecule has 0 amide bonds. The zero-order valence-corrected chi connectivity index (χ0v) is 16.6. The van der Waals surface area contributed by atoms with Gasteiger partial charge in [0.2, 0.25) is 5.95 Å². The van der Waals surface area contributed by atoms with Gasteiger partial charge in [-0.2, -0.15) is 0 Å². The van der Waals surface area contributed by atoms with Crippen LogP contribution in [0, 0.1) is 6.92 Å². The van der Waals surface area contributed by atoms with Crippen LogP contribution >= 0.6 is 0 Å². The summed E-state index contributed by atoms with van der Waals surface area (Å²) in [5, 5.41) is 3.21. The summed E-state index contributed by atoms with van der Waals surface area (Å²) in [5.74, 6) is 0.463. The van der Waals surface area contributed by atoms with E-state index in [0.29, 0.717) is 17.9 Å². The number of aromatic nitrogens is 2. The molecule has 0 atom stereocenters. The number of morpholine rings is 1. The SMILES string of the molecule is Cc1nc(Nc2ccc(CN3CCOCC3)cc2)[nH]c(=O)c1Cc1ccccc1.